The highest BCUT2D eigenvalue weighted by Gasteiger charge is 2.20. The van der Waals surface area contributed by atoms with E-state index in [-0.39, 0.29) is 16.4 Å². The predicted octanol–water partition coefficient (Wildman–Crippen LogP) is 3.41. The number of carbonyl (C=O) groups is 1. The van der Waals surface area contributed by atoms with E-state index in [1.807, 2.05) is 13.2 Å². The smallest absolute Gasteiger partial charge is 0.255 e. The molecule has 0 saturated carbocycles. The zero-order valence-corrected chi connectivity index (χ0v) is 12.4. The molecule has 2 nitrogen and oxygen atoms in total. The zero-order chi connectivity index (χ0) is 13.0. The van der Waals surface area contributed by atoms with Crippen LogP contribution in [0.5, 0.6) is 0 Å². The van der Waals surface area contributed by atoms with E-state index in [0.29, 0.717) is 5.56 Å². The summed E-state index contributed by atoms with van der Waals surface area (Å²) in [6.07, 6.45) is 1.99. The number of rotatable bonds is 4. The SMILES string of the molecule is CSCC(C)N(C)C(=O)c1cccc(F)c1Br. The fourth-order valence-electron chi connectivity index (χ4n) is 1.41. The van der Waals surface area contributed by atoms with Gasteiger partial charge >= 0.3 is 0 Å². The van der Waals surface area contributed by atoms with Crippen LogP contribution in [-0.2, 0) is 0 Å². The van der Waals surface area contributed by atoms with Gasteiger partial charge in [0, 0.05) is 18.8 Å². The molecule has 1 atom stereocenters. The van der Waals surface area contributed by atoms with Gasteiger partial charge in [0.15, 0.2) is 0 Å². The molecule has 0 N–H and O–H groups in total. The molecule has 1 rings (SSSR count). The molecule has 0 saturated heterocycles. The second kappa shape index (κ2) is 6.40. The topological polar surface area (TPSA) is 20.3 Å². The molecular formula is C12H15BrFNOS. The second-order valence-electron chi connectivity index (χ2n) is 3.82. The van der Waals surface area contributed by atoms with Crippen LogP contribution in [-0.4, -0.2) is 35.9 Å². The number of benzene rings is 1. The number of carbonyl (C=O) groups excluding carboxylic acids is 1. The Kier molecular flexibility index (Phi) is 5.46. The molecule has 0 aliphatic rings. The van der Waals surface area contributed by atoms with Gasteiger partial charge in [-0.25, -0.2) is 4.39 Å². The maximum atomic E-state index is 13.3. The summed E-state index contributed by atoms with van der Waals surface area (Å²) >= 11 is 4.79. The minimum Gasteiger partial charge on any atom is -0.338 e. The summed E-state index contributed by atoms with van der Waals surface area (Å²) < 4.78 is 13.6. The van der Waals surface area contributed by atoms with Gasteiger partial charge in [-0.3, -0.25) is 4.79 Å². The van der Waals surface area contributed by atoms with E-state index in [1.54, 1.807) is 35.8 Å². The van der Waals surface area contributed by atoms with Crippen molar-refractivity contribution in [3.8, 4) is 0 Å². The molecule has 0 heterocycles. The molecule has 0 fully saturated rings. The average molecular weight is 320 g/mol. The first-order valence-electron chi connectivity index (χ1n) is 5.19. The maximum absolute atomic E-state index is 13.3. The molecule has 0 aromatic heterocycles. The lowest BCUT2D eigenvalue weighted by molar-refractivity contribution is 0.0756. The maximum Gasteiger partial charge on any atom is 0.255 e. The number of thioether (sulfide) groups is 1. The highest BCUT2D eigenvalue weighted by atomic mass is 79.9. The van der Waals surface area contributed by atoms with Crippen molar-refractivity contribution >= 4 is 33.6 Å². The molecule has 1 aromatic carbocycles. The summed E-state index contributed by atoms with van der Waals surface area (Å²) in [7, 11) is 1.74. The Labute approximate surface area is 114 Å². The first-order valence-corrected chi connectivity index (χ1v) is 7.37. The number of hydrogen-bond acceptors (Lipinski definition) is 2. The molecule has 1 aromatic rings. The van der Waals surface area contributed by atoms with Crippen LogP contribution in [0.1, 0.15) is 17.3 Å². The van der Waals surface area contributed by atoms with Gasteiger partial charge in [0.25, 0.3) is 5.91 Å². The molecule has 0 radical (unpaired) electrons. The number of nitrogens with zero attached hydrogens (tertiary/aromatic N) is 1. The van der Waals surface area contributed by atoms with E-state index in [2.05, 4.69) is 15.9 Å². The second-order valence-corrected chi connectivity index (χ2v) is 5.53. The Balaban J connectivity index is 2.93. The van der Waals surface area contributed by atoms with E-state index in [4.69, 9.17) is 0 Å². The van der Waals surface area contributed by atoms with Gasteiger partial charge in [-0.05, 0) is 41.2 Å². The Morgan fingerprint density at radius 2 is 2.24 bits per heavy atom. The van der Waals surface area contributed by atoms with Crippen LogP contribution in [0.15, 0.2) is 22.7 Å². The zero-order valence-electron chi connectivity index (χ0n) is 10.0. The summed E-state index contributed by atoms with van der Waals surface area (Å²) in [6.45, 7) is 1.97. The van der Waals surface area contributed by atoms with Gasteiger partial charge in [-0.15, -0.1) is 0 Å². The van der Waals surface area contributed by atoms with Crippen LogP contribution >= 0.6 is 27.7 Å². The van der Waals surface area contributed by atoms with Gasteiger partial charge in [0.1, 0.15) is 5.82 Å². The standard InChI is InChI=1S/C12H15BrFNOS/c1-8(7-17-3)15(2)12(16)9-5-4-6-10(14)11(9)13/h4-6,8H,7H2,1-3H3. The third kappa shape index (κ3) is 3.45. The molecule has 1 unspecified atom stereocenters. The van der Waals surface area contributed by atoms with Crippen molar-refractivity contribution in [2.24, 2.45) is 0 Å². The van der Waals surface area contributed by atoms with Crippen molar-refractivity contribution in [3.63, 3.8) is 0 Å². The van der Waals surface area contributed by atoms with Crippen LogP contribution in [0.2, 0.25) is 0 Å². The van der Waals surface area contributed by atoms with Crippen LogP contribution in [0, 0.1) is 5.82 Å². The van der Waals surface area contributed by atoms with E-state index in [1.165, 1.54) is 6.07 Å². The monoisotopic (exact) mass is 319 g/mol. The normalized spacial score (nSPS) is 12.3. The van der Waals surface area contributed by atoms with Crippen molar-refractivity contribution < 1.29 is 9.18 Å². The summed E-state index contributed by atoms with van der Waals surface area (Å²) in [5.74, 6) is 0.273. The molecule has 1 amide bonds. The lowest BCUT2D eigenvalue weighted by Gasteiger charge is -2.24. The molecule has 0 spiro atoms. The van der Waals surface area contributed by atoms with Crippen molar-refractivity contribution in [3.05, 3.63) is 34.1 Å². The average Bonchev–Trinajstić information content (AvgIpc) is 2.31. The first-order chi connectivity index (χ1) is 7.99. The Morgan fingerprint density at radius 3 is 2.82 bits per heavy atom. The van der Waals surface area contributed by atoms with E-state index >= 15 is 0 Å². The molecular weight excluding hydrogens is 305 g/mol. The summed E-state index contributed by atoms with van der Waals surface area (Å²) in [5, 5.41) is 0. The third-order valence-corrected chi connectivity index (χ3v) is 4.19. The first kappa shape index (κ1) is 14.5. The molecule has 94 valence electrons. The quantitative estimate of drug-likeness (QED) is 0.847. The van der Waals surface area contributed by atoms with Gasteiger partial charge in [-0.1, -0.05) is 6.07 Å². The van der Waals surface area contributed by atoms with E-state index in [0.717, 1.165) is 5.75 Å². The number of amides is 1. The van der Waals surface area contributed by atoms with E-state index in [9.17, 15) is 9.18 Å². The number of halogens is 2. The van der Waals surface area contributed by atoms with Gasteiger partial charge in [0.05, 0.1) is 10.0 Å². The Hall–Kier alpha value is -0.550. The van der Waals surface area contributed by atoms with E-state index < -0.39 is 5.82 Å². The van der Waals surface area contributed by atoms with Gasteiger partial charge in [0.2, 0.25) is 0 Å². The van der Waals surface area contributed by atoms with Crippen LogP contribution in [0.3, 0.4) is 0 Å². The van der Waals surface area contributed by atoms with Crippen molar-refractivity contribution in [1.29, 1.82) is 0 Å². The van der Waals surface area contributed by atoms with Crippen LogP contribution in [0.4, 0.5) is 4.39 Å². The third-order valence-electron chi connectivity index (χ3n) is 2.57. The van der Waals surface area contributed by atoms with Crippen LogP contribution < -0.4 is 0 Å². The minimum absolute atomic E-state index is 0.118. The lowest BCUT2D eigenvalue weighted by atomic mass is 10.2. The molecule has 17 heavy (non-hydrogen) atoms. The van der Waals surface area contributed by atoms with Crippen molar-refractivity contribution in [2.75, 3.05) is 19.1 Å². The summed E-state index contributed by atoms with van der Waals surface area (Å²) in [4.78, 5) is 13.8. The highest BCUT2D eigenvalue weighted by molar-refractivity contribution is 9.10. The molecule has 0 aliphatic heterocycles. The Bertz CT molecular complexity index is 413. The van der Waals surface area contributed by atoms with Crippen LogP contribution in [0.25, 0.3) is 0 Å². The number of hydrogen-bond donors (Lipinski definition) is 0. The van der Waals surface area contributed by atoms with Gasteiger partial charge < -0.3 is 4.90 Å². The molecule has 5 heteroatoms. The lowest BCUT2D eigenvalue weighted by Crippen LogP contribution is -2.36. The van der Waals surface area contributed by atoms with Crippen molar-refractivity contribution in [1.82, 2.24) is 4.90 Å². The van der Waals surface area contributed by atoms with Gasteiger partial charge in [-0.2, -0.15) is 11.8 Å². The summed E-state index contributed by atoms with van der Waals surface area (Å²) in [5.41, 5.74) is 0.362. The summed E-state index contributed by atoms with van der Waals surface area (Å²) in [6, 6.07) is 4.61. The predicted molar refractivity (Wildman–Crippen MR) is 74.0 cm³/mol. The largest absolute Gasteiger partial charge is 0.338 e. The Morgan fingerprint density at radius 1 is 1.59 bits per heavy atom. The molecule has 0 aliphatic carbocycles. The fraction of sp³-hybridized carbons (Fsp3) is 0.417. The highest BCUT2D eigenvalue weighted by Crippen LogP contribution is 2.22. The minimum atomic E-state index is -0.415. The fourth-order valence-corrected chi connectivity index (χ4v) is 2.55. The van der Waals surface area contributed by atoms with Crippen molar-refractivity contribution in [2.45, 2.75) is 13.0 Å². The molecule has 0 bridgehead atoms.